The molecule has 3 rings (SSSR count). The Bertz CT molecular complexity index is 917. The fraction of sp³-hybridized carbons (Fsp3) is 0.522. The third-order valence-electron chi connectivity index (χ3n) is 5.90. The van der Waals surface area contributed by atoms with Crippen LogP contribution >= 0.6 is 0 Å². The number of benzene rings is 1. The van der Waals surface area contributed by atoms with Crippen LogP contribution in [0.3, 0.4) is 0 Å². The van der Waals surface area contributed by atoms with Crippen molar-refractivity contribution < 1.29 is 23.6 Å². The van der Waals surface area contributed by atoms with E-state index in [1.165, 1.54) is 12.3 Å². The number of fused-ring (bicyclic) bond motifs is 1. The molecule has 9 nitrogen and oxygen atoms in total. The molecule has 2 amide bonds. The van der Waals surface area contributed by atoms with Gasteiger partial charge in [0.2, 0.25) is 5.76 Å². The van der Waals surface area contributed by atoms with Crippen LogP contribution in [0.15, 0.2) is 35.0 Å². The van der Waals surface area contributed by atoms with Crippen LogP contribution in [0, 0.1) is 5.92 Å². The monoisotopic (exact) mass is 444 g/mol. The Morgan fingerprint density at radius 2 is 2.06 bits per heavy atom. The molecule has 9 heteroatoms. The van der Waals surface area contributed by atoms with E-state index in [9.17, 15) is 9.59 Å². The Labute approximate surface area is 188 Å². The zero-order chi connectivity index (χ0) is 23.3. The largest absolute Gasteiger partial charge is 0.491 e. The molecule has 0 saturated carbocycles. The number of nitrogens with one attached hydrogen (secondary N) is 1. The Kier molecular flexibility index (Phi) is 7.87. The van der Waals surface area contributed by atoms with Gasteiger partial charge < -0.3 is 24.2 Å². The fourth-order valence-corrected chi connectivity index (χ4v) is 3.89. The number of carbonyl (C=O) groups excluding carboxylic acids is 2. The number of likely N-dealkylation sites (N-methyl/N-ethyl adjacent to an activating group) is 2. The van der Waals surface area contributed by atoms with Crippen LogP contribution in [0.1, 0.15) is 41.7 Å². The van der Waals surface area contributed by atoms with E-state index >= 15 is 0 Å². The highest BCUT2D eigenvalue weighted by Crippen LogP contribution is 2.27. The number of hydrogen-bond acceptors (Lipinski definition) is 7. The molecule has 0 unspecified atom stereocenters. The van der Waals surface area contributed by atoms with Gasteiger partial charge in [-0.25, -0.2) is 0 Å². The number of ether oxygens (including phenoxy) is 2. The lowest BCUT2D eigenvalue weighted by Crippen LogP contribution is -2.46. The maximum atomic E-state index is 13.2. The topological polar surface area (TPSA) is 97.1 Å². The van der Waals surface area contributed by atoms with Crippen LogP contribution < -0.4 is 10.1 Å². The molecular formula is C23H32N4O5. The van der Waals surface area contributed by atoms with E-state index in [-0.39, 0.29) is 29.7 Å². The third kappa shape index (κ3) is 5.46. The lowest BCUT2D eigenvalue weighted by atomic mass is 10.0. The quantitative estimate of drug-likeness (QED) is 0.774. The maximum absolute atomic E-state index is 13.2. The van der Waals surface area contributed by atoms with Crippen molar-refractivity contribution >= 4 is 17.5 Å². The second kappa shape index (κ2) is 10.6. The molecule has 1 aromatic carbocycles. The van der Waals surface area contributed by atoms with E-state index in [0.29, 0.717) is 30.2 Å². The lowest BCUT2D eigenvalue weighted by molar-refractivity contribution is 0.0116. The summed E-state index contributed by atoms with van der Waals surface area (Å²) in [5.74, 6) is 0.166. The zero-order valence-electron chi connectivity index (χ0n) is 19.3. The number of amides is 2. The van der Waals surface area contributed by atoms with Crippen molar-refractivity contribution in [1.29, 1.82) is 0 Å². The molecule has 0 fully saturated rings. The van der Waals surface area contributed by atoms with Crippen molar-refractivity contribution in [2.75, 3.05) is 45.7 Å². The average Bonchev–Trinajstić information content (AvgIpc) is 3.33. The molecule has 0 radical (unpaired) electrons. The van der Waals surface area contributed by atoms with E-state index in [2.05, 4.69) is 36.1 Å². The Morgan fingerprint density at radius 1 is 1.28 bits per heavy atom. The van der Waals surface area contributed by atoms with E-state index in [1.54, 1.807) is 37.3 Å². The second-order valence-corrected chi connectivity index (χ2v) is 8.23. The summed E-state index contributed by atoms with van der Waals surface area (Å²) >= 11 is 0. The Morgan fingerprint density at radius 3 is 2.72 bits per heavy atom. The summed E-state index contributed by atoms with van der Waals surface area (Å²) in [7, 11) is 3.45. The summed E-state index contributed by atoms with van der Waals surface area (Å²) in [5, 5.41) is 6.30. The van der Waals surface area contributed by atoms with E-state index in [0.717, 1.165) is 13.1 Å². The number of hydrogen-bond donors (Lipinski definition) is 1. The number of rotatable bonds is 4. The highest BCUT2D eigenvalue weighted by atomic mass is 16.5. The van der Waals surface area contributed by atoms with Gasteiger partial charge in [0.05, 0.1) is 17.9 Å². The summed E-state index contributed by atoms with van der Waals surface area (Å²) in [6, 6.07) is 6.62. The van der Waals surface area contributed by atoms with Crippen molar-refractivity contribution in [3.63, 3.8) is 0 Å². The fourth-order valence-electron chi connectivity index (χ4n) is 3.89. The smallest absolute Gasteiger partial charge is 0.294 e. The summed E-state index contributed by atoms with van der Waals surface area (Å²) in [4.78, 5) is 29.5. The standard InChI is InChI=1S/C23H32N4O5/c1-6-27-12-15(2)21(30-5)13-26(4)23(29)18-8-7-17(11-20(18)31-14-16(27)3)25-22(28)19-9-10-24-32-19/h7-11,15-16,21H,6,12-14H2,1-5H3,(H,25,28)/t15-,16-,21-/m1/s1. The molecule has 174 valence electrons. The number of carbonyl (C=O) groups is 2. The van der Waals surface area contributed by atoms with Crippen LogP contribution in [0.5, 0.6) is 5.75 Å². The molecule has 1 N–H and O–H groups in total. The highest BCUT2D eigenvalue weighted by Gasteiger charge is 2.28. The maximum Gasteiger partial charge on any atom is 0.294 e. The first-order valence-electron chi connectivity index (χ1n) is 10.8. The predicted molar refractivity (Wildman–Crippen MR) is 120 cm³/mol. The second-order valence-electron chi connectivity index (χ2n) is 8.23. The van der Waals surface area contributed by atoms with Gasteiger partial charge in [-0.05, 0) is 31.5 Å². The molecule has 3 atom stereocenters. The van der Waals surface area contributed by atoms with Crippen LogP contribution in [0.4, 0.5) is 5.69 Å². The first kappa shape index (κ1) is 23.7. The summed E-state index contributed by atoms with van der Waals surface area (Å²) in [5.41, 5.74) is 0.930. The minimum absolute atomic E-state index is 0.0885. The van der Waals surface area contributed by atoms with Gasteiger partial charge in [-0.2, -0.15) is 0 Å². The van der Waals surface area contributed by atoms with Gasteiger partial charge in [-0.1, -0.05) is 19.0 Å². The minimum Gasteiger partial charge on any atom is -0.491 e. The first-order valence-corrected chi connectivity index (χ1v) is 10.8. The van der Waals surface area contributed by atoms with Crippen LogP contribution in [0.25, 0.3) is 0 Å². The number of aromatic nitrogens is 1. The van der Waals surface area contributed by atoms with Gasteiger partial charge in [0.25, 0.3) is 11.8 Å². The molecule has 0 aliphatic carbocycles. The van der Waals surface area contributed by atoms with Crippen molar-refractivity contribution in [2.24, 2.45) is 5.92 Å². The van der Waals surface area contributed by atoms with Crippen molar-refractivity contribution in [1.82, 2.24) is 15.0 Å². The van der Waals surface area contributed by atoms with Crippen molar-refractivity contribution in [2.45, 2.75) is 32.9 Å². The highest BCUT2D eigenvalue weighted by molar-refractivity contribution is 6.03. The van der Waals surface area contributed by atoms with Crippen LogP contribution in [-0.4, -0.2) is 79.3 Å². The lowest BCUT2D eigenvalue weighted by Gasteiger charge is -2.35. The van der Waals surface area contributed by atoms with E-state index in [4.69, 9.17) is 14.0 Å². The van der Waals surface area contributed by atoms with Gasteiger partial charge in [-0.15, -0.1) is 0 Å². The molecule has 0 saturated heterocycles. The van der Waals surface area contributed by atoms with Gasteiger partial charge in [0.1, 0.15) is 12.4 Å². The zero-order valence-corrected chi connectivity index (χ0v) is 19.3. The summed E-state index contributed by atoms with van der Waals surface area (Å²) in [6.45, 7) is 8.95. The van der Waals surface area contributed by atoms with Gasteiger partial charge in [0, 0.05) is 51.1 Å². The van der Waals surface area contributed by atoms with Gasteiger partial charge >= 0.3 is 0 Å². The Hall–Kier alpha value is -2.91. The molecule has 1 aromatic heterocycles. The minimum atomic E-state index is -0.429. The van der Waals surface area contributed by atoms with E-state index in [1.807, 2.05) is 0 Å². The molecule has 1 aliphatic heterocycles. The van der Waals surface area contributed by atoms with Crippen molar-refractivity contribution in [3.8, 4) is 5.75 Å². The Balaban J connectivity index is 1.91. The molecule has 0 spiro atoms. The molecular weight excluding hydrogens is 412 g/mol. The SMILES string of the molecule is CCN1C[C@@H](C)[C@H](OC)CN(C)C(=O)c2ccc(NC(=O)c3ccno3)cc2OC[C@H]1C. The predicted octanol–water partition coefficient (Wildman–Crippen LogP) is 2.75. The van der Waals surface area contributed by atoms with Crippen molar-refractivity contribution in [3.05, 3.63) is 41.8 Å². The van der Waals surface area contributed by atoms with Crippen LogP contribution in [-0.2, 0) is 4.74 Å². The normalized spacial score (nSPS) is 23.0. The first-order chi connectivity index (χ1) is 15.3. The molecule has 2 aromatic rings. The molecule has 32 heavy (non-hydrogen) atoms. The summed E-state index contributed by atoms with van der Waals surface area (Å²) in [6.07, 6.45) is 1.31. The average molecular weight is 445 g/mol. The number of methoxy groups -OCH3 is 1. The molecule has 1 aliphatic rings. The third-order valence-corrected chi connectivity index (χ3v) is 5.90. The molecule has 2 heterocycles. The van der Waals surface area contributed by atoms with Crippen LogP contribution in [0.2, 0.25) is 0 Å². The number of anilines is 1. The van der Waals surface area contributed by atoms with Gasteiger partial charge in [-0.3, -0.25) is 14.5 Å². The number of nitrogens with zero attached hydrogens (tertiary/aromatic N) is 3. The van der Waals surface area contributed by atoms with E-state index < -0.39 is 5.91 Å². The van der Waals surface area contributed by atoms with Gasteiger partial charge in [0.15, 0.2) is 0 Å². The molecule has 0 bridgehead atoms. The summed E-state index contributed by atoms with van der Waals surface area (Å²) < 4.78 is 16.7.